The quantitative estimate of drug-likeness (QED) is 0.570. The average Bonchev–Trinajstić information content (AvgIpc) is 2.53. The number of allylic oxidation sites excluding steroid dienone is 2. The van der Waals surface area contributed by atoms with E-state index in [9.17, 15) is 4.79 Å². The molecule has 0 amide bonds. The predicted molar refractivity (Wildman–Crippen MR) is 58.3 cm³/mol. The molecule has 1 unspecified atom stereocenters. The summed E-state index contributed by atoms with van der Waals surface area (Å²) < 4.78 is 5.18. The number of hydrogen-bond donors (Lipinski definition) is 1. The number of nitrogens with two attached hydrogens (primary N) is 1. The second-order valence-corrected chi connectivity index (χ2v) is 3.77. The van der Waals surface area contributed by atoms with E-state index in [1.54, 1.807) is 0 Å². The molecule has 1 rings (SSSR count). The summed E-state index contributed by atoms with van der Waals surface area (Å²) in [4.78, 5) is 9.94. The first-order valence-electron chi connectivity index (χ1n) is 4.72. The zero-order valence-corrected chi connectivity index (χ0v) is 9.51. The number of carbonyl (C=O) groups excluding carboxylic acids is 1. The van der Waals surface area contributed by atoms with E-state index in [-0.39, 0.29) is 0 Å². The van der Waals surface area contributed by atoms with Crippen LogP contribution in [0.15, 0.2) is 11.6 Å². The van der Waals surface area contributed by atoms with Crippen molar-refractivity contribution in [1.29, 1.82) is 0 Å². The van der Waals surface area contributed by atoms with Gasteiger partial charge in [0, 0.05) is 13.2 Å². The molecule has 0 spiro atoms. The van der Waals surface area contributed by atoms with Crippen LogP contribution in [-0.4, -0.2) is 24.5 Å². The molecule has 1 aliphatic rings. The van der Waals surface area contributed by atoms with Gasteiger partial charge in [-0.3, -0.25) is 4.79 Å². The van der Waals surface area contributed by atoms with Gasteiger partial charge in [-0.05, 0) is 44.4 Å². The molecule has 1 saturated heterocycles. The van der Waals surface area contributed by atoms with Crippen molar-refractivity contribution < 1.29 is 9.53 Å². The highest BCUT2D eigenvalue weighted by atomic mass is 35.5. The Hall–Kier alpha value is -0.380. The zero-order chi connectivity index (χ0) is 11.0. The van der Waals surface area contributed by atoms with E-state index in [4.69, 9.17) is 22.1 Å². The van der Waals surface area contributed by atoms with Gasteiger partial charge in [0.15, 0.2) is 0 Å². The van der Waals surface area contributed by atoms with Crippen LogP contribution in [0, 0.1) is 0 Å². The first-order chi connectivity index (χ1) is 6.56. The molecule has 0 radical (unpaired) electrons. The van der Waals surface area contributed by atoms with Crippen LogP contribution >= 0.6 is 11.6 Å². The smallest absolute Gasteiger partial charge is 0.245 e. The molecule has 3 nitrogen and oxygen atoms in total. The highest BCUT2D eigenvalue weighted by Crippen LogP contribution is 2.09. The SMILES string of the molecule is CC(C)=CC(=O)Cl.NCC1CCCO1. The van der Waals surface area contributed by atoms with Gasteiger partial charge in [0.2, 0.25) is 5.24 Å². The van der Waals surface area contributed by atoms with Crippen LogP contribution in [0.1, 0.15) is 26.7 Å². The van der Waals surface area contributed by atoms with Gasteiger partial charge in [-0.15, -0.1) is 0 Å². The van der Waals surface area contributed by atoms with Crippen molar-refractivity contribution in [3.8, 4) is 0 Å². The van der Waals surface area contributed by atoms with Crippen LogP contribution in [0.25, 0.3) is 0 Å². The lowest BCUT2D eigenvalue weighted by Gasteiger charge is -2.01. The molecule has 1 fully saturated rings. The normalized spacial score (nSPS) is 19.6. The van der Waals surface area contributed by atoms with Crippen LogP contribution in [0.2, 0.25) is 0 Å². The minimum Gasteiger partial charge on any atom is -0.377 e. The average molecular weight is 220 g/mol. The van der Waals surface area contributed by atoms with Gasteiger partial charge in [-0.2, -0.15) is 0 Å². The second-order valence-electron chi connectivity index (χ2n) is 3.40. The maximum atomic E-state index is 9.94. The molecule has 2 N–H and O–H groups in total. The fourth-order valence-corrected chi connectivity index (χ4v) is 1.28. The molecule has 1 heterocycles. The molecule has 1 atom stereocenters. The molecule has 82 valence electrons. The Morgan fingerprint density at radius 2 is 2.29 bits per heavy atom. The van der Waals surface area contributed by atoms with Gasteiger partial charge >= 0.3 is 0 Å². The van der Waals surface area contributed by atoms with E-state index < -0.39 is 5.24 Å². The lowest BCUT2D eigenvalue weighted by atomic mass is 10.2. The van der Waals surface area contributed by atoms with E-state index >= 15 is 0 Å². The summed E-state index contributed by atoms with van der Waals surface area (Å²) >= 11 is 4.96. The lowest BCUT2D eigenvalue weighted by Crippen LogP contribution is -2.17. The van der Waals surface area contributed by atoms with E-state index in [1.165, 1.54) is 12.5 Å². The lowest BCUT2D eigenvalue weighted by molar-refractivity contribution is -0.107. The van der Waals surface area contributed by atoms with Crippen LogP contribution in [0.5, 0.6) is 0 Å². The van der Waals surface area contributed by atoms with Crippen molar-refractivity contribution in [3.63, 3.8) is 0 Å². The fourth-order valence-electron chi connectivity index (χ4n) is 1.06. The molecule has 14 heavy (non-hydrogen) atoms. The predicted octanol–water partition coefficient (Wildman–Crippen LogP) is 1.84. The molecule has 0 bridgehead atoms. The van der Waals surface area contributed by atoms with Gasteiger partial charge in [-0.1, -0.05) is 5.57 Å². The molecule has 1 aliphatic heterocycles. The summed E-state index contributed by atoms with van der Waals surface area (Å²) in [5.74, 6) is 0. The third kappa shape index (κ3) is 8.23. The first-order valence-corrected chi connectivity index (χ1v) is 5.10. The van der Waals surface area contributed by atoms with Gasteiger partial charge in [0.25, 0.3) is 0 Å². The van der Waals surface area contributed by atoms with Crippen molar-refractivity contribution >= 4 is 16.8 Å². The molecular weight excluding hydrogens is 202 g/mol. The number of hydrogen-bond acceptors (Lipinski definition) is 3. The Morgan fingerprint density at radius 3 is 2.43 bits per heavy atom. The Balaban J connectivity index is 0.000000241. The molecular formula is C10H18ClNO2. The largest absolute Gasteiger partial charge is 0.377 e. The van der Waals surface area contributed by atoms with Crippen LogP contribution in [0.3, 0.4) is 0 Å². The third-order valence-electron chi connectivity index (χ3n) is 1.69. The van der Waals surface area contributed by atoms with Crippen molar-refractivity contribution in [1.82, 2.24) is 0 Å². The van der Waals surface area contributed by atoms with Crippen molar-refractivity contribution in [3.05, 3.63) is 11.6 Å². The topological polar surface area (TPSA) is 52.3 Å². The van der Waals surface area contributed by atoms with Gasteiger partial charge < -0.3 is 10.5 Å². The molecule has 0 aliphatic carbocycles. The zero-order valence-electron chi connectivity index (χ0n) is 8.75. The Labute approximate surface area is 90.3 Å². The maximum Gasteiger partial charge on any atom is 0.245 e. The molecule has 0 aromatic carbocycles. The minimum absolute atomic E-state index is 0.375. The highest BCUT2D eigenvalue weighted by molar-refractivity contribution is 6.66. The van der Waals surface area contributed by atoms with Gasteiger partial charge in [0.05, 0.1) is 6.10 Å². The van der Waals surface area contributed by atoms with Crippen LogP contribution in [0.4, 0.5) is 0 Å². The number of rotatable bonds is 2. The maximum absolute atomic E-state index is 9.94. The fraction of sp³-hybridized carbons (Fsp3) is 0.700. The van der Waals surface area contributed by atoms with E-state index in [0.29, 0.717) is 12.6 Å². The van der Waals surface area contributed by atoms with Crippen molar-refractivity contribution in [2.75, 3.05) is 13.2 Å². The van der Waals surface area contributed by atoms with Crippen LogP contribution < -0.4 is 5.73 Å². The summed E-state index contributed by atoms with van der Waals surface area (Å²) in [6, 6.07) is 0. The summed E-state index contributed by atoms with van der Waals surface area (Å²) in [6.45, 7) is 5.25. The van der Waals surface area contributed by atoms with E-state index in [0.717, 1.165) is 18.6 Å². The van der Waals surface area contributed by atoms with Gasteiger partial charge in [0.1, 0.15) is 0 Å². The Kier molecular flexibility index (Phi) is 7.76. The number of carbonyl (C=O) groups is 1. The molecule has 0 aromatic heterocycles. The number of ether oxygens (including phenoxy) is 1. The van der Waals surface area contributed by atoms with Crippen molar-refractivity contribution in [2.24, 2.45) is 5.73 Å². The van der Waals surface area contributed by atoms with E-state index in [1.807, 2.05) is 13.8 Å². The summed E-state index contributed by atoms with van der Waals surface area (Å²) in [7, 11) is 0. The second kappa shape index (κ2) is 7.97. The number of halogens is 1. The Morgan fingerprint density at radius 1 is 1.64 bits per heavy atom. The first kappa shape index (κ1) is 13.6. The monoisotopic (exact) mass is 219 g/mol. The third-order valence-corrected chi connectivity index (χ3v) is 1.80. The summed E-state index contributed by atoms with van der Waals surface area (Å²) in [5, 5.41) is -0.403. The summed E-state index contributed by atoms with van der Waals surface area (Å²) in [5.41, 5.74) is 6.24. The molecule has 0 aromatic rings. The summed E-state index contributed by atoms with van der Waals surface area (Å²) in [6.07, 6.45) is 4.11. The minimum atomic E-state index is -0.403. The van der Waals surface area contributed by atoms with E-state index in [2.05, 4.69) is 0 Å². The molecule has 4 heteroatoms. The Bertz CT molecular complexity index is 194. The van der Waals surface area contributed by atoms with Gasteiger partial charge in [-0.25, -0.2) is 0 Å². The standard InChI is InChI=1S/C5H7ClO.C5H11NO/c1-4(2)3-5(6)7;6-4-5-2-1-3-7-5/h3H,1-2H3;5H,1-4,6H2. The highest BCUT2D eigenvalue weighted by Gasteiger charge is 2.11. The van der Waals surface area contributed by atoms with Crippen LogP contribution in [-0.2, 0) is 9.53 Å². The van der Waals surface area contributed by atoms with Crippen molar-refractivity contribution in [2.45, 2.75) is 32.8 Å². The molecule has 0 saturated carbocycles.